The second kappa shape index (κ2) is 14.5. The van der Waals surface area contributed by atoms with Gasteiger partial charge in [0.05, 0.1) is 31.3 Å². The van der Waals surface area contributed by atoms with Gasteiger partial charge in [-0.3, -0.25) is 9.48 Å². The van der Waals surface area contributed by atoms with Crippen molar-refractivity contribution in [2.45, 2.75) is 41.2 Å². The maximum absolute atomic E-state index is 12.2. The number of nitrogens with zero attached hydrogens (tertiary/aromatic N) is 2. The van der Waals surface area contributed by atoms with Crippen LogP contribution in [-0.2, 0) is 11.3 Å². The van der Waals surface area contributed by atoms with Gasteiger partial charge >= 0.3 is 0 Å². The minimum atomic E-state index is -0.265. The highest BCUT2D eigenvalue weighted by atomic mass is 16.5. The van der Waals surface area contributed by atoms with Gasteiger partial charge in [-0.05, 0) is 49.8 Å². The number of ether oxygens (including phenoxy) is 1. The molecule has 0 spiro atoms. The van der Waals surface area contributed by atoms with Gasteiger partial charge in [0.15, 0.2) is 0 Å². The van der Waals surface area contributed by atoms with Crippen molar-refractivity contribution >= 4 is 16.8 Å². The van der Waals surface area contributed by atoms with Gasteiger partial charge in [-0.15, -0.1) is 0 Å². The van der Waals surface area contributed by atoms with E-state index < -0.39 is 0 Å². The van der Waals surface area contributed by atoms with Gasteiger partial charge in [0, 0.05) is 17.3 Å². The summed E-state index contributed by atoms with van der Waals surface area (Å²) >= 11 is 0. The first kappa shape index (κ1) is 26.5. The number of allylic oxidation sites excluding steroid dienone is 8. The van der Waals surface area contributed by atoms with E-state index in [2.05, 4.69) is 10.4 Å². The number of nitrogens with two attached hydrogens (primary N) is 1. The third-order valence-electron chi connectivity index (χ3n) is 4.47. The Morgan fingerprint density at radius 2 is 2.03 bits per heavy atom. The first-order valence-electron chi connectivity index (χ1n) is 10.8. The van der Waals surface area contributed by atoms with Crippen molar-refractivity contribution in [3.63, 3.8) is 0 Å². The molecular formula is C26H36N4O2. The van der Waals surface area contributed by atoms with Gasteiger partial charge < -0.3 is 15.8 Å². The Labute approximate surface area is 191 Å². The van der Waals surface area contributed by atoms with Crippen LogP contribution in [0, 0.1) is 5.92 Å². The third kappa shape index (κ3) is 8.68. The number of rotatable bonds is 9. The molecule has 1 aromatic heterocycles. The van der Waals surface area contributed by atoms with Gasteiger partial charge in [-0.1, -0.05) is 51.2 Å². The summed E-state index contributed by atoms with van der Waals surface area (Å²) in [6, 6.07) is 5.89. The van der Waals surface area contributed by atoms with E-state index in [4.69, 9.17) is 10.5 Å². The maximum atomic E-state index is 12.2. The standard InChI is InChI=1S/C24H30N4O2.C2H6/c1-5-20(17-28-23-13-12-22(30-4)15-21(23)16-27-28)11-10-18(2)24(29)26-14-8-6-7-9-19(3)25;1-2/h5-16,18H,17,25H2,1-4H3,(H,26,29);1-2H3/b7-6-,11-10-,14-8+,19-9+,20-5+;. The zero-order valence-corrected chi connectivity index (χ0v) is 20.0. The first-order chi connectivity index (χ1) is 15.4. The minimum absolute atomic E-state index is 0.0754. The van der Waals surface area contributed by atoms with Gasteiger partial charge in [-0.25, -0.2) is 0 Å². The summed E-state index contributed by atoms with van der Waals surface area (Å²) in [6.07, 6.45) is 16.5. The number of carbonyl (C=O) groups excluding carboxylic acids is 1. The van der Waals surface area contributed by atoms with Crippen molar-refractivity contribution in [1.29, 1.82) is 0 Å². The Balaban J connectivity index is 0.00000249. The summed E-state index contributed by atoms with van der Waals surface area (Å²) in [5, 5.41) is 8.27. The summed E-state index contributed by atoms with van der Waals surface area (Å²) in [4.78, 5) is 12.2. The average Bonchev–Trinajstić information content (AvgIpc) is 3.21. The molecule has 0 saturated heterocycles. The molecule has 3 N–H and O–H groups in total. The summed E-state index contributed by atoms with van der Waals surface area (Å²) in [5.41, 5.74) is 8.37. The predicted molar refractivity (Wildman–Crippen MR) is 134 cm³/mol. The molecule has 2 rings (SSSR count). The van der Waals surface area contributed by atoms with Crippen LogP contribution in [-0.4, -0.2) is 22.8 Å². The van der Waals surface area contributed by atoms with Crippen molar-refractivity contribution in [3.8, 4) is 5.75 Å². The van der Waals surface area contributed by atoms with Crippen LogP contribution in [0.15, 0.2) is 84.4 Å². The molecule has 0 aliphatic carbocycles. The fourth-order valence-electron chi connectivity index (χ4n) is 2.68. The van der Waals surface area contributed by atoms with E-state index in [0.717, 1.165) is 27.9 Å². The lowest BCUT2D eigenvalue weighted by atomic mass is 10.1. The van der Waals surface area contributed by atoms with E-state index >= 15 is 0 Å². The van der Waals surface area contributed by atoms with Gasteiger partial charge in [0.1, 0.15) is 5.75 Å². The fraction of sp³-hybridized carbons (Fsp3) is 0.308. The SMILES string of the molecule is C/C=C(\C=C/C(C)C(=O)N/C=C/C=C\C=C(/C)N)Cn1ncc2cc(OC)ccc21.CC. The Kier molecular flexibility index (Phi) is 12.0. The van der Waals surface area contributed by atoms with Crippen LogP contribution in [0.1, 0.15) is 34.6 Å². The van der Waals surface area contributed by atoms with E-state index in [9.17, 15) is 4.79 Å². The highest BCUT2D eigenvalue weighted by molar-refractivity contribution is 5.81. The Morgan fingerprint density at radius 3 is 2.69 bits per heavy atom. The number of hydrogen-bond acceptors (Lipinski definition) is 4. The zero-order chi connectivity index (χ0) is 23.9. The summed E-state index contributed by atoms with van der Waals surface area (Å²) < 4.78 is 7.20. The lowest BCUT2D eigenvalue weighted by Gasteiger charge is -2.07. The molecule has 6 heteroatoms. The van der Waals surface area contributed by atoms with Gasteiger partial charge in [0.2, 0.25) is 5.91 Å². The number of aromatic nitrogens is 2. The number of methoxy groups -OCH3 is 1. The second-order valence-electron chi connectivity index (χ2n) is 6.90. The molecule has 0 radical (unpaired) electrons. The number of fused-ring (bicyclic) bond motifs is 1. The molecule has 1 amide bonds. The van der Waals surface area contributed by atoms with Crippen molar-refractivity contribution in [2.75, 3.05) is 7.11 Å². The highest BCUT2D eigenvalue weighted by Gasteiger charge is 2.08. The van der Waals surface area contributed by atoms with Crippen LogP contribution < -0.4 is 15.8 Å². The molecule has 1 aromatic carbocycles. The lowest BCUT2D eigenvalue weighted by molar-refractivity contribution is -0.122. The number of hydrogen-bond donors (Lipinski definition) is 2. The minimum Gasteiger partial charge on any atom is -0.497 e. The molecular weight excluding hydrogens is 400 g/mol. The normalized spacial score (nSPS) is 13.6. The number of carbonyl (C=O) groups is 1. The quantitative estimate of drug-likeness (QED) is 0.526. The molecule has 1 atom stereocenters. The molecule has 0 aliphatic rings. The molecule has 1 unspecified atom stereocenters. The van der Waals surface area contributed by atoms with Crippen molar-refractivity contribution < 1.29 is 9.53 Å². The van der Waals surface area contributed by atoms with Crippen LogP contribution >= 0.6 is 0 Å². The summed E-state index contributed by atoms with van der Waals surface area (Å²) in [6.45, 7) is 10.3. The van der Waals surface area contributed by atoms with Crippen LogP contribution in [0.5, 0.6) is 5.75 Å². The van der Waals surface area contributed by atoms with Crippen LogP contribution in [0.2, 0.25) is 0 Å². The number of benzene rings is 1. The second-order valence-corrected chi connectivity index (χ2v) is 6.90. The summed E-state index contributed by atoms with van der Waals surface area (Å²) in [5.74, 6) is 0.468. The van der Waals surface area contributed by atoms with Crippen molar-refractivity contribution in [3.05, 3.63) is 84.4 Å². The molecule has 0 bridgehead atoms. The Morgan fingerprint density at radius 1 is 1.28 bits per heavy atom. The van der Waals surface area contributed by atoms with E-state index in [1.807, 2.05) is 88.0 Å². The van der Waals surface area contributed by atoms with Crippen LogP contribution in [0.3, 0.4) is 0 Å². The number of amides is 1. The zero-order valence-electron chi connectivity index (χ0n) is 20.0. The first-order valence-corrected chi connectivity index (χ1v) is 10.8. The molecule has 1 heterocycles. The lowest BCUT2D eigenvalue weighted by Crippen LogP contribution is -2.23. The average molecular weight is 437 g/mol. The van der Waals surface area contributed by atoms with Crippen molar-refractivity contribution in [2.24, 2.45) is 11.7 Å². The van der Waals surface area contributed by atoms with E-state index in [0.29, 0.717) is 6.54 Å². The van der Waals surface area contributed by atoms with Gasteiger partial charge in [-0.2, -0.15) is 5.10 Å². The van der Waals surface area contributed by atoms with Crippen LogP contribution in [0.25, 0.3) is 10.9 Å². The smallest absolute Gasteiger partial charge is 0.230 e. The molecule has 172 valence electrons. The Hall–Kier alpha value is -3.54. The van der Waals surface area contributed by atoms with E-state index in [-0.39, 0.29) is 11.8 Å². The molecule has 2 aromatic rings. The highest BCUT2D eigenvalue weighted by Crippen LogP contribution is 2.21. The molecule has 0 fully saturated rings. The third-order valence-corrected chi connectivity index (χ3v) is 4.47. The van der Waals surface area contributed by atoms with E-state index in [1.165, 1.54) is 0 Å². The topological polar surface area (TPSA) is 82.2 Å². The van der Waals surface area contributed by atoms with E-state index in [1.54, 1.807) is 31.5 Å². The maximum Gasteiger partial charge on any atom is 0.230 e. The largest absolute Gasteiger partial charge is 0.497 e. The molecule has 32 heavy (non-hydrogen) atoms. The summed E-state index contributed by atoms with van der Waals surface area (Å²) in [7, 11) is 1.65. The predicted octanol–water partition coefficient (Wildman–Crippen LogP) is 5.26. The molecule has 6 nitrogen and oxygen atoms in total. The van der Waals surface area contributed by atoms with Gasteiger partial charge in [0.25, 0.3) is 0 Å². The van der Waals surface area contributed by atoms with Crippen molar-refractivity contribution in [1.82, 2.24) is 15.1 Å². The Bertz CT molecular complexity index is 1010. The molecule has 0 aliphatic heterocycles. The van der Waals surface area contributed by atoms with Crippen LogP contribution in [0.4, 0.5) is 0 Å². The fourth-order valence-corrected chi connectivity index (χ4v) is 2.68. The monoisotopic (exact) mass is 436 g/mol. The number of nitrogens with one attached hydrogen (secondary N) is 1. The molecule has 0 saturated carbocycles.